The maximum Gasteiger partial charge on any atom is 0.0389 e. The molecule has 0 bridgehead atoms. The molecule has 0 aliphatic heterocycles. The molecule has 0 amide bonds. The molecule has 0 spiro atoms. The molecule has 0 heterocycles. The number of rotatable bonds is 6. The van der Waals surface area contributed by atoms with Crippen molar-refractivity contribution < 1.29 is 0 Å². The van der Waals surface area contributed by atoms with Gasteiger partial charge in [-0.05, 0) is 30.2 Å². The lowest BCUT2D eigenvalue weighted by atomic mass is 10.0. The first kappa shape index (κ1) is 12.6. The van der Waals surface area contributed by atoms with Crippen LogP contribution in [-0.4, -0.2) is 11.5 Å². The highest BCUT2D eigenvalue weighted by atomic mass is 32.2. The van der Waals surface area contributed by atoms with Crippen LogP contribution in [-0.2, 0) is 0 Å². The van der Waals surface area contributed by atoms with Crippen molar-refractivity contribution in [1.29, 1.82) is 0 Å². The van der Waals surface area contributed by atoms with Gasteiger partial charge >= 0.3 is 0 Å². The summed E-state index contributed by atoms with van der Waals surface area (Å²) in [6.45, 7) is 4.35. The molecule has 1 unspecified atom stereocenters. The molecule has 0 saturated carbocycles. The lowest BCUT2D eigenvalue weighted by molar-refractivity contribution is 0.819. The van der Waals surface area contributed by atoms with E-state index < -0.39 is 0 Å². The molecule has 0 fully saturated rings. The number of aryl methyl sites for hydroxylation is 1. The quantitative estimate of drug-likeness (QED) is 0.747. The second-order valence-electron chi connectivity index (χ2n) is 3.89. The Morgan fingerprint density at radius 3 is 2.73 bits per heavy atom. The molecule has 1 aromatic rings. The summed E-state index contributed by atoms with van der Waals surface area (Å²) in [6.07, 6.45) is 2.57. The van der Waals surface area contributed by atoms with Gasteiger partial charge in [-0.15, -0.1) is 0 Å². The van der Waals surface area contributed by atoms with Crippen LogP contribution in [0.25, 0.3) is 0 Å². The van der Waals surface area contributed by atoms with Crippen LogP contribution in [0.2, 0.25) is 0 Å². The second kappa shape index (κ2) is 6.91. The Hall–Kier alpha value is -0.470. The van der Waals surface area contributed by atoms with Crippen molar-refractivity contribution in [3.05, 3.63) is 35.4 Å². The third-order valence-corrected chi connectivity index (χ3v) is 3.70. The summed E-state index contributed by atoms with van der Waals surface area (Å²) in [5.41, 5.74) is 8.76. The van der Waals surface area contributed by atoms with Gasteiger partial charge in [0.05, 0.1) is 0 Å². The zero-order chi connectivity index (χ0) is 11.1. The fraction of sp³-hybridized carbons (Fsp3) is 0.538. The van der Waals surface area contributed by atoms with Gasteiger partial charge in [-0.1, -0.05) is 37.6 Å². The molecule has 0 saturated heterocycles. The normalized spacial score (nSPS) is 12.7. The zero-order valence-electron chi connectivity index (χ0n) is 9.70. The molecule has 0 aliphatic carbocycles. The third-order valence-electron chi connectivity index (χ3n) is 2.53. The van der Waals surface area contributed by atoms with Crippen LogP contribution in [0, 0.1) is 6.92 Å². The molecule has 2 heteroatoms. The van der Waals surface area contributed by atoms with Gasteiger partial charge in [-0.3, -0.25) is 0 Å². The Labute approximate surface area is 97.4 Å². The van der Waals surface area contributed by atoms with E-state index in [9.17, 15) is 0 Å². The van der Waals surface area contributed by atoms with Crippen LogP contribution in [0.5, 0.6) is 0 Å². The Bertz CT molecular complexity index is 286. The number of nitrogens with two attached hydrogens (primary N) is 1. The molecule has 1 atom stereocenters. The van der Waals surface area contributed by atoms with Crippen molar-refractivity contribution in [3.8, 4) is 0 Å². The van der Waals surface area contributed by atoms with Crippen molar-refractivity contribution in [3.63, 3.8) is 0 Å². The molecule has 15 heavy (non-hydrogen) atoms. The van der Waals surface area contributed by atoms with Crippen LogP contribution in [0.3, 0.4) is 0 Å². The number of hydrogen-bond donors (Lipinski definition) is 1. The lowest BCUT2D eigenvalue weighted by Crippen LogP contribution is -2.14. The average Bonchev–Trinajstić information content (AvgIpc) is 2.25. The van der Waals surface area contributed by atoms with Crippen LogP contribution < -0.4 is 5.73 Å². The molecule has 1 aromatic carbocycles. The molecule has 1 nitrogen and oxygen atoms in total. The monoisotopic (exact) mass is 223 g/mol. The zero-order valence-corrected chi connectivity index (χ0v) is 10.5. The second-order valence-corrected chi connectivity index (χ2v) is 5.04. The summed E-state index contributed by atoms with van der Waals surface area (Å²) in [5.74, 6) is 2.26. The van der Waals surface area contributed by atoms with Gasteiger partial charge in [-0.2, -0.15) is 11.8 Å². The molecular formula is C13H21NS. The standard InChI is InChI=1S/C13H21NS/c1-3-4-9-15-10-13(14)12-8-6-5-7-11(12)2/h5-8,13H,3-4,9-10,14H2,1-2H3. The van der Waals surface area contributed by atoms with Crippen molar-refractivity contribution in [1.82, 2.24) is 0 Å². The predicted octanol–water partition coefficient (Wildman–Crippen LogP) is 3.53. The summed E-state index contributed by atoms with van der Waals surface area (Å²) < 4.78 is 0. The fourth-order valence-electron chi connectivity index (χ4n) is 1.55. The number of thioether (sulfide) groups is 1. The SMILES string of the molecule is CCCCSCC(N)c1ccccc1C. The summed E-state index contributed by atoms with van der Waals surface area (Å²) in [5, 5.41) is 0. The molecule has 0 aliphatic rings. The van der Waals surface area contributed by atoms with Crippen LogP contribution in [0.4, 0.5) is 0 Å². The van der Waals surface area contributed by atoms with E-state index in [-0.39, 0.29) is 6.04 Å². The van der Waals surface area contributed by atoms with Gasteiger partial charge in [0, 0.05) is 11.8 Å². The van der Waals surface area contributed by atoms with E-state index in [0.717, 1.165) is 5.75 Å². The average molecular weight is 223 g/mol. The van der Waals surface area contributed by atoms with E-state index in [0.29, 0.717) is 0 Å². The highest BCUT2D eigenvalue weighted by molar-refractivity contribution is 7.99. The van der Waals surface area contributed by atoms with E-state index in [2.05, 4.69) is 38.1 Å². The topological polar surface area (TPSA) is 26.0 Å². The number of hydrogen-bond acceptors (Lipinski definition) is 2. The Morgan fingerprint density at radius 1 is 1.33 bits per heavy atom. The molecule has 2 N–H and O–H groups in total. The summed E-state index contributed by atoms with van der Waals surface area (Å²) in [7, 11) is 0. The minimum Gasteiger partial charge on any atom is -0.323 e. The Balaban J connectivity index is 2.40. The fourth-order valence-corrected chi connectivity index (χ4v) is 2.64. The van der Waals surface area contributed by atoms with E-state index >= 15 is 0 Å². The first-order valence-corrected chi connectivity index (χ1v) is 6.80. The number of benzene rings is 1. The summed E-state index contributed by atoms with van der Waals surface area (Å²) >= 11 is 1.96. The third kappa shape index (κ3) is 4.27. The predicted molar refractivity (Wildman–Crippen MR) is 70.3 cm³/mol. The van der Waals surface area contributed by atoms with E-state index in [1.807, 2.05) is 11.8 Å². The highest BCUT2D eigenvalue weighted by Gasteiger charge is 2.07. The molecule has 0 radical (unpaired) electrons. The lowest BCUT2D eigenvalue weighted by Gasteiger charge is -2.14. The summed E-state index contributed by atoms with van der Waals surface area (Å²) in [6, 6.07) is 8.59. The Morgan fingerprint density at radius 2 is 2.07 bits per heavy atom. The van der Waals surface area contributed by atoms with E-state index in [1.54, 1.807) is 0 Å². The number of unbranched alkanes of at least 4 members (excludes halogenated alkanes) is 1. The van der Waals surface area contributed by atoms with Crippen LogP contribution in [0.15, 0.2) is 24.3 Å². The largest absolute Gasteiger partial charge is 0.323 e. The maximum atomic E-state index is 6.16. The van der Waals surface area contributed by atoms with E-state index in [1.165, 1.54) is 29.7 Å². The van der Waals surface area contributed by atoms with E-state index in [4.69, 9.17) is 5.73 Å². The molecular weight excluding hydrogens is 202 g/mol. The minimum absolute atomic E-state index is 0.188. The van der Waals surface area contributed by atoms with Crippen molar-refractivity contribution >= 4 is 11.8 Å². The van der Waals surface area contributed by atoms with Crippen LogP contribution >= 0.6 is 11.8 Å². The van der Waals surface area contributed by atoms with Crippen molar-refractivity contribution in [2.24, 2.45) is 5.73 Å². The van der Waals surface area contributed by atoms with Gasteiger partial charge < -0.3 is 5.73 Å². The smallest absolute Gasteiger partial charge is 0.0389 e. The molecule has 0 aromatic heterocycles. The van der Waals surface area contributed by atoms with Crippen LogP contribution in [0.1, 0.15) is 36.9 Å². The van der Waals surface area contributed by atoms with Crippen molar-refractivity contribution in [2.45, 2.75) is 32.7 Å². The highest BCUT2D eigenvalue weighted by Crippen LogP contribution is 2.19. The minimum atomic E-state index is 0.188. The van der Waals surface area contributed by atoms with Gasteiger partial charge in [0.15, 0.2) is 0 Å². The Kier molecular flexibility index (Phi) is 5.81. The van der Waals surface area contributed by atoms with Gasteiger partial charge in [-0.25, -0.2) is 0 Å². The first-order chi connectivity index (χ1) is 7.25. The molecule has 84 valence electrons. The van der Waals surface area contributed by atoms with Gasteiger partial charge in [0.25, 0.3) is 0 Å². The molecule has 1 rings (SSSR count). The van der Waals surface area contributed by atoms with Gasteiger partial charge in [0.1, 0.15) is 0 Å². The maximum absolute atomic E-state index is 6.16. The van der Waals surface area contributed by atoms with Crippen molar-refractivity contribution in [2.75, 3.05) is 11.5 Å². The summed E-state index contributed by atoms with van der Waals surface area (Å²) in [4.78, 5) is 0. The van der Waals surface area contributed by atoms with Gasteiger partial charge in [0.2, 0.25) is 0 Å². The first-order valence-electron chi connectivity index (χ1n) is 5.64.